The standard InChI is InChI=1S/C14H19N3O3S/c1-21-12-4-2-10(3-5-12)16-14(20)17-11-6-9(13(18)19)7-15-8-11/h6-8,10,12H,2-5H2,1H3,(H,18,19)(H2,16,17,20). The smallest absolute Gasteiger partial charge is 0.337 e. The van der Waals surface area contributed by atoms with Crippen LogP contribution < -0.4 is 10.6 Å². The molecule has 21 heavy (non-hydrogen) atoms. The van der Waals surface area contributed by atoms with Crippen molar-refractivity contribution < 1.29 is 14.7 Å². The maximum Gasteiger partial charge on any atom is 0.337 e. The van der Waals surface area contributed by atoms with Gasteiger partial charge in [-0.2, -0.15) is 11.8 Å². The molecule has 0 atom stereocenters. The van der Waals surface area contributed by atoms with Gasteiger partial charge in [-0.1, -0.05) is 0 Å². The Hall–Kier alpha value is -1.76. The number of anilines is 1. The van der Waals surface area contributed by atoms with Gasteiger partial charge in [0, 0.05) is 17.5 Å². The van der Waals surface area contributed by atoms with E-state index in [4.69, 9.17) is 5.11 Å². The molecular formula is C14H19N3O3S. The van der Waals surface area contributed by atoms with Crippen LogP contribution in [0.1, 0.15) is 36.0 Å². The Bertz CT molecular complexity index is 516. The zero-order valence-electron chi connectivity index (χ0n) is 11.8. The topological polar surface area (TPSA) is 91.3 Å². The van der Waals surface area contributed by atoms with E-state index in [1.54, 1.807) is 0 Å². The SMILES string of the molecule is CSC1CCC(NC(=O)Nc2cncc(C(=O)O)c2)CC1. The van der Waals surface area contributed by atoms with Gasteiger partial charge >= 0.3 is 12.0 Å². The zero-order valence-corrected chi connectivity index (χ0v) is 12.7. The quantitative estimate of drug-likeness (QED) is 0.795. The molecule has 114 valence electrons. The molecular weight excluding hydrogens is 290 g/mol. The molecule has 1 saturated carbocycles. The van der Waals surface area contributed by atoms with E-state index < -0.39 is 5.97 Å². The van der Waals surface area contributed by atoms with Gasteiger partial charge in [0.05, 0.1) is 17.4 Å². The van der Waals surface area contributed by atoms with Gasteiger partial charge in [-0.3, -0.25) is 4.98 Å². The molecule has 2 amide bonds. The minimum absolute atomic E-state index is 0.0493. The lowest BCUT2D eigenvalue weighted by Gasteiger charge is -2.28. The van der Waals surface area contributed by atoms with Crippen LogP contribution in [0.3, 0.4) is 0 Å². The van der Waals surface area contributed by atoms with Gasteiger partial charge in [-0.05, 0) is 38.0 Å². The van der Waals surface area contributed by atoms with Crippen LogP contribution in [-0.4, -0.2) is 39.6 Å². The van der Waals surface area contributed by atoms with Crippen LogP contribution in [0.15, 0.2) is 18.5 Å². The van der Waals surface area contributed by atoms with E-state index in [1.165, 1.54) is 18.5 Å². The number of nitrogens with one attached hydrogen (secondary N) is 2. The first-order valence-corrected chi connectivity index (χ1v) is 8.16. The van der Waals surface area contributed by atoms with Crippen molar-refractivity contribution in [1.82, 2.24) is 10.3 Å². The third-order valence-corrected chi connectivity index (χ3v) is 4.72. The fourth-order valence-corrected chi connectivity index (χ4v) is 3.16. The number of carbonyl (C=O) groups excluding carboxylic acids is 1. The van der Waals surface area contributed by atoms with Crippen molar-refractivity contribution in [3.63, 3.8) is 0 Å². The number of nitrogens with zero attached hydrogens (tertiary/aromatic N) is 1. The lowest BCUT2D eigenvalue weighted by atomic mass is 9.95. The molecule has 2 rings (SSSR count). The van der Waals surface area contributed by atoms with E-state index in [2.05, 4.69) is 21.9 Å². The second kappa shape index (κ2) is 7.31. The van der Waals surface area contributed by atoms with Crippen molar-refractivity contribution in [2.45, 2.75) is 37.0 Å². The van der Waals surface area contributed by atoms with Crippen molar-refractivity contribution in [2.75, 3.05) is 11.6 Å². The van der Waals surface area contributed by atoms with Gasteiger partial charge in [0.1, 0.15) is 0 Å². The summed E-state index contributed by atoms with van der Waals surface area (Å²) in [6.07, 6.45) is 8.97. The van der Waals surface area contributed by atoms with Crippen molar-refractivity contribution in [3.05, 3.63) is 24.0 Å². The van der Waals surface area contributed by atoms with Crippen LogP contribution in [0, 0.1) is 0 Å². The molecule has 0 unspecified atom stereocenters. The Labute approximate surface area is 127 Å². The summed E-state index contributed by atoms with van der Waals surface area (Å²) in [6, 6.07) is 1.26. The lowest BCUT2D eigenvalue weighted by Crippen LogP contribution is -2.40. The van der Waals surface area contributed by atoms with Crippen LogP contribution in [-0.2, 0) is 0 Å². The van der Waals surface area contributed by atoms with Crippen LogP contribution in [0.4, 0.5) is 10.5 Å². The Kier molecular flexibility index (Phi) is 5.44. The molecule has 0 radical (unpaired) electrons. The van der Waals surface area contributed by atoms with Gasteiger partial charge < -0.3 is 15.7 Å². The van der Waals surface area contributed by atoms with E-state index in [1.807, 2.05) is 11.8 Å². The highest BCUT2D eigenvalue weighted by Gasteiger charge is 2.21. The van der Waals surface area contributed by atoms with Crippen LogP contribution in [0.25, 0.3) is 0 Å². The van der Waals surface area contributed by atoms with E-state index in [9.17, 15) is 9.59 Å². The molecule has 0 aliphatic heterocycles. The van der Waals surface area contributed by atoms with Crippen molar-refractivity contribution >= 4 is 29.4 Å². The molecule has 0 spiro atoms. The summed E-state index contributed by atoms with van der Waals surface area (Å²) >= 11 is 1.88. The van der Waals surface area contributed by atoms with Crippen molar-refractivity contribution in [3.8, 4) is 0 Å². The molecule has 1 fully saturated rings. The first kappa shape index (κ1) is 15.6. The number of hydrogen-bond acceptors (Lipinski definition) is 4. The zero-order chi connectivity index (χ0) is 15.2. The monoisotopic (exact) mass is 309 g/mol. The Morgan fingerprint density at radius 1 is 1.29 bits per heavy atom. The van der Waals surface area contributed by atoms with Gasteiger partial charge in [0.15, 0.2) is 0 Å². The predicted molar refractivity (Wildman–Crippen MR) is 82.9 cm³/mol. The molecule has 6 nitrogen and oxygen atoms in total. The maximum absolute atomic E-state index is 11.9. The number of amides is 2. The third kappa shape index (κ3) is 4.63. The first-order chi connectivity index (χ1) is 10.1. The molecule has 0 saturated heterocycles. The van der Waals surface area contributed by atoms with Gasteiger partial charge in [-0.25, -0.2) is 9.59 Å². The normalized spacial score (nSPS) is 21.6. The molecule has 1 aromatic rings. The number of carboxylic acids is 1. The predicted octanol–water partition coefficient (Wildman–Crippen LogP) is 2.58. The number of aromatic nitrogens is 1. The summed E-state index contributed by atoms with van der Waals surface area (Å²) in [4.78, 5) is 26.6. The molecule has 7 heteroatoms. The van der Waals surface area contributed by atoms with E-state index in [-0.39, 0.29) is 17.6 Å². The van der Waals surface area contributed by atoms with Gasteiger partial charge in [0.25, 0.3) is 0 Å². The minimum atomic E-state index is -1.07. The molecule has 1 aromatic heterocycles. The van der Waals surface area contributed by atoms with E-state index >= 15 is 0 Å². The van der Waals surface area contributed by atoms with Crippen LogP contribution >= 0.6 is 11.8 Å². The first-order valence-electron chi connectivity index (χ1n) is 6.87. The van der Waals surface area contributed by atoms with Crippen molar-refractivity contribution in [2.24, 2.45) is 0 Å². The molecule has 0 bridgehead atoms. The highest BCUT2D eigenvalue weighted by atomic mass is 32.2. The van der Waals surface area contributed by atoms with Crippen molar-refractivity contribution in [1.29, 1.82) is 0 Å². The Morgan fingerprint density at radius 3 is 2.62 bits per heavy atom. The number of pyridine rings is 1. The van der Waals surface area contributed by atoms with Crippen LogP contribution in [0.5, 0.6) is 0 Å². The summed E-state index contributed by atoms with van der Waals surface area (Å²) in [7, 11) is 0. The number of aromatic carboxylic acids is 1. The largest absolute Gasteiger partial charge is 0.478 e. The second-order valence-electron chi connectivity index (χ2n) is 5.08. The summed E-state index contributed by atoms with van der Waals surface area (Å²) in [5, 5.41) is 15.1. The Balaban J connectivity index is 1.85. The second-order valence-corrected chi connectivity index (χ2v) is 6.21. The van der Waals surface area contributed by atoms with Gasteiger partial charge in [-0.15, -0.1) is 0 Å². The number of carboxylic acid groups (broad SMARTS) is 1. The van der Waals surface area contributed by atoms with E-state index in [0.29, 0.717) is 10.9 Å². The summed E-state index contributed by atoms with van der Waals surface area (Å²) < 4.78 is 0. The number of carbonyl (C=O) groups is 2. The molecule has 1 aliphatic carbocycles. The number of thioether (sulfide) groups is 1. The fourth-order valence-electron chi connectivity index (χ4n) is 2.42. The fraction of sp³-hybridized carbons (Fsp3) is 0.500. The molecule has 1 aliphatic rings. The van der Waals surface area contributed by atoms with Gasteiger partial charge in [0.2, 0.25) is 0 Å². The number of urea groups is 1. The van der Waals surface area contributed by atoms with Crippen LogP contribution in [0.2, 0.25) is 0 Å². The lowest BCUT2D eigenvalue weighted by molar-refractivity contribution is 0.0696. The number of hydrogen-bond donors (Lipinski definition) is 3. The minimum Gasteiger partial charge on any atom is -0.478 e. The average molecular weight is 309 g/mol. The summed E-state index contributed by atoms with van der Waals surface area (Å²) in [5.41, 5.74) is 0.429. The average Bonchev–Trinajstić information content (AvgIpc) is 2.48. The third-order valence-electron chi connectivity index (χ3n) is 3.59. The summed E-state index contributed by atoms with van der Waals surface area (Å²) in [6.45, 7) is 0. The molecule has 1 heterocycles. The van der Waals surface area contributed by atoms with E-state index in [0.717, 1.165) is 25.7 Å². The maximum atomic E-state index is 11.9. The summed E-state index contributed by atoms with van der Waals surface area (Å²) in [5.74, 6) is -1.07. The number of rotatable bonds is 4. The molecule has 0 aromatic carbocycles. The highest BCUT2D eigenvalue weighted by Crippen LogP contribution is 2.26. The Morgan fingerprint density at radius 2 is 2.00 bits per heavy atom. The molecule has 3 N–H and O–H groups in total. The highest BCUT2D eigenvalue weighted by molar-refractivity contribution is 7.99.